The van der Waals surface area contributed by atoms with E-state index in [1.807, 2.05) is 24.3 Å². The summed E-state index contributed by atoms with van der Waals surface area (Å²) in [4.78, 5) is 12.7. The van der Waals surface area contributed by atoms with E-state index in [-0.39, 0.29) is 11.7 Å². The molecule has 0 aliphatic heterocycles. The molecular formula is C18H26O2. The summed E-state index contributed by atoms with van der Waals surface area (Å²) in [5.41, 5.74) is 1.17. The van der Waals surface area contributed by atoms with Crippen LogP contribution in [0, 0.1) is 11.3 Å². The van der Waals surface area contributed by atoms with Gasteiger partial charge in [0.1, 0.15) is 5.75 Å². The largest absolute Gasteiger partial charge is 0.493 e. The number of benzene rings is 1. The van der Waals surface area contributed by atoms with Gasteiger partial charge >= 0.3 is 0 Å². The Balaban J connectivity index is 2.09. The average molecular weight is 274 g/mol. The van der Waals surface area contributed by atoms with Crippen LogP contribution < -0.4 is 4.74 Å². The van der Waals surface area contributed by atoms with Crippen molar-refractivity contribution >= 4 is 5.78 Å². The number of hydrogen-bond donors (Lipinski definition) is 0. The van der Waals surface area contributed by atoms with Crippen molar-refractivity contribution in [2.45, 2.75) is 52.9 Å². The van der Waals surface area contributed by atoms with Gasteiger partial charge in [-0.05, 0) is 49.7 Å². The maximum atomic E-state index is 12.7. The molecule has 0 spiro atoms. The highest BCUT2D eigenvalue weighted by Gasteiger charge is 2.31. The minimum absolute atomic E-state index is 0.175. The highest BCUT2D eigenvalue weighted by atomic mass is 16.5. The van der Waals surface area contributed by atoms with E-state index in [0.717, 1.165) is 43.4 Å². The molecule has 0 N–H and O–H groups in total. The zero-order valence-corrected chi connectivity index (χ0v) is 12.9. The normalized spacial score (nSPS) is 18.8. The summed E-state index contributed by atoms with van der Waals surface area (Å²) >= 11 is 0. The molecule has 2 nitrogen and oxygen atoms in total. The molecule has 0 aromatic heterocycles. The van der Waals surface area contributed by atoms with Gasteiger partial charge in [0.2, 0.25) is 0 Å². The van der Waals surface area contributed by atoms with E-state index in [2.05, 4.69) is 20.8 Å². The number of rotatable bonds is 5. The summed E-state index contributed by atoms with van der Waals surface area (Å²) < 4.78 is 5.72. The van der Waals surface area contributed by atoms with E-state index in [1.165, 1.54) is 0 Å². The lowest BCUT2D eigenvalue weighted by atomic mass is 9.71. The lowest BCUT2D eigenvalue weighted by Gasteiger charge is -2.33. The van der Waals surface area contributed by atoms with Crippen LogP contribution in [0.25, 0.3) is 0 Å². The van der Waals surface area contributed by atoms with Gasteiger partial charge in [-0.1, -0.05) is 32.9 Å². The van der Waals surface area contributed by atoms with Crippen molar-refractivity contribution in [3.63, 3.8) is 0 Å². The van der Waals surface area contributed by atoms with Gasteiger partial charge in [0.05, 0.1) is 12.2 Å². The Morgan fingerprint density at radius 2 is 1.90 bits per heavy atom. The lowest BCUT2D eigenvalue weighted by Crippen LogP contribution is -2.26. The fourth-order valence-corrected chi connectivity index (χ4v) is 2.89. The first-order valence-corrected chi connectivity index (χ1v) is 7.79. The molecule has 2 rings (SSSR count). The van der Waals surface area contributed by atoms with Gasteiger partial charge in [-0.3, -0.25) is 4.79 Å². The Kier molecular flexibility index (Phi) is 4.85. The summed E-state index contributed by atoms with van der Waals surface area (Å²) in [6.07, 6.45) is 5.25. The molecule has 1 aromatic carbocycles. The van der Waals surface area contributed by atoms with Gasteiger partial charge in [0.25, 0.3) is 0 Å². The summed E-state index contributed by atoms with van der Waals surface area (Å²) in [5, 5.41) is 0. The fourth-order valence-electron chi connectivity index (χ4n) is 2.89. The van der Waals surface area contributed by atoms with Crippen molar-refractivity contribution in [3.05, 3.63) is 29.8 Å². The van der Waals surface area contributed by atoms with Crippen molar-refractivity contribution in [2.75, 3.05) is 6.61 Å². The SMILES string of the molecule is CCCOc1ccccc1C(=O)C1CCC(C)(C)CC1. The van der Waals surface area contributed by atoms with E-state index in [0.29, 0.717) is 12.0 Å². The van der Waals surface area contributed by atoms with Crippen molar-refractivity contribution in [1.29, 1.82) is 0 Å². The van der Waals surface area contributed by atoms with Crippen LogP contribution in [0.4, 0.5) is 0 Å². The zero-order valence-electron chi connectivity index (χ0n) is 12.9. The second-order valence-electron chi connectivity index (χ2n) is 6.65. The van der Waals surface area contributed by atoms with E-state index < -0.39 is 0 Å². The van der Waals surface area contributed by atoms with Gasteiger partial charge in [-0.2, -0.15) is 0 Å². The first kappa shape index (κ1) is 15.1. The van der Waals surface area contributed by atoms with Crippen molar-refractivity contribution in [1.82, 2.24) is 0 Å². The minimum Gasteiger partial charge on any atom is -0.493 e. The number of carbonyl (C=O) groups is 1. The van der Waals surface area contributed by atoms with Crippen LogP contribution in [-0.4, -0.2) is 12.4 Å². The van der Waals surface area contributed by atoms with Gasteiger partial charge in [0, 0.05) is 5.92 Å². The Morgan fingerprint density at radius 1 is 1.25 bits per heavy atom. The molecule has 0 atom stereocenters. The molecule has 1 aromatic rings. The molecule has 110 valence electrons. The smallest absolute Gasteiger partial charge is 0.169 e. The molecule has 20 heavy (non-hydrogen) atoms. The molecule has 1 aliphatic rings. The third-order valence-corrected chi connectivity index (χ3v) is 4.32. The molecule has 0 amide bonds. The topological polar surface area (TPSA) is 26.3 Å². The average Bonchev–Trinajstić information content (AvgIpc) is 2.45. The number of Topliss-reactive ketones (excluding diaryl/α,β-unsaturated/α-hetero) is 1. The molecule has 0 radical (unpaired) electrons. The Hall–Kier alpha value is -1.31. The molecule has 1 aliphatic carbocycles. The number of ketones is 1. The van der Waals surface area contributed by atoms with Gasteiger partial charge in [-0.15, -0.1) is 0 Å². The zero-order chi connectivity index (χ0) is 14.6. The number of carbonyl (C=O) groups excluding carboxylic acids is 1. The fraction of sp³-hybridized carbons (Fsp3) is 0.611. The van der Waals surface area contributed by atoms with Crippen LogP contribution >= 0.6 is 0 Å². The van der Waals surface area contributed by atoms with Gasteiger partial charge < -0.3 is 4.74 Å². The number of para-hydroxylation sites is 1. The van der Waals surface area contributed by atoms with Gasteiger partial charge in [-0.25, -0.2) is 0 Å². The number of hydrogen-bond acceptors (Lipinski definition) is 2. The predicted molar refractivity (Wildman–Crippen MR) is 82.3 cm³/mol. The van der Waals surface area contributed by atoms with Crippen molar-refractivity contribution < 1.29 is 9.53 Å². The summed E-state index contributed by atoms with van der Waals surface area (Å²) in [5.74, 6) is 1.20. The maximum Gasteiger partial charge on any atom is 0.169 e. The Bertz CT molecular complexity index is 452. The predicted octanol–water partition coefficient (Wildman–Crippen LogP) is 4.87. The molecule has 0 unspecified atom stereocenters. The van der Waals surface area contributed by atoms with E-state index in [1.54, 1.807) is 0 Å². The van der Waals surface area contributed by atoms with Crippen LogP contribution in [0.2, 0.25) is 0 Å². The second-order valence-corrected chi connectivity index (χ2v) is 6.65. The third kappa shape index (κ3) is 3.62. The second kappa shape index (κ2) is 6.43. The standard InChI is InChI=1S/C18H26O2/c1-4-13-20-16-8-6-5-7-15(16)17(19)14-9-11-18(2,3)12-10-14/h5-8,14H,4,9-13H2,1-3H3. The molecule has 0 heterocycles. The maximum absolute atomic E-state index is 12.7. The molecule has 0 bridgehead atoms. The quantitative estimate of drug-likeness (QED) is 0.716. The first-order chi connectivity index (χ1) is 9.53. The number of ether oxygens (including phenoxy) is 1. The Morgan fingerprint density at radius 3 is 2.55 bits per heavy atom. The van der Waals surface area contributed by atoms with Crippen LogP contribution in [0.3, 0.4) is 0 Å². The van der Waals surface area contributed by atoms with Crippen LogP contribution in [0.5, 0.6) is 5.75 Å². The molecule has 2 heteroatoms. The summed E-state index contributed by atoms with van der Waals surface area (Å²) in [6, 6.07) is 7.69. The highest BCUT2D eigenvalue weighted by molar-refractivity contribution is 6.00. The Labute approximate surface area is 122 Å². The lowest BCUT2D eigenvalue weighted by molar-refractivity contribution is 0.0834. The van der Waals surface area contributed by atoms with Gasteiger partial charge in [0.15, 0.2) is 5.78 Å². The van der Waals surface area contributed by atoms with Crippen molar-refractivity contribution in [2.24, 2.45) is 11.3 Å². The minimum atomic E-state index is 0.175. The first-order valence-electron chi connectivity index (χ1n) is 7.79. The van der Waals surface area contributed by atoms with Crippen molar-refractivity contribution in [3.8, 4) is 5.75 Å². The highest BCUT2D eigenvalue weighted by Crippen LogP contribution is 2.39. The van der Waals surface area contributed by atoms with Crippen LogP contribution in [0.15, 0.2) is 24.3 Å². The summed E-state index contributed by atoms with van der Waals surface area (Å²) in [7, 11) is 0. The molecular weight excluding hydrogens is 248 g/mol. The molecule has 1 saturated carbocycles. The van der Waals surface area contributed by atoms with Crippen LogP contribution in [-0.2, 0) is 0 Å². The molecule has 1 fully saturated rings. The van der Waals surface area contributed by atoms with E-state index in [4.69, 9.17) is 4.74 Å². The van der Waals surface area contributed by atoms with E-state index in [9.17, 15) is 4.79 Å². The monoisotopic (exact) mass is 274 g/mol. The molecule has 0 saturated heterocycles. The van der Waals surface area contributed by atoms with Crippen LogP contribution in [0.1, 0.15) is 63.2 Å². The third-order valence-electron chi connectivity index (χ3n) is 4.32. The summed E-state index contributed by atoms with van der Waals surface area (Å²) in [6.45, 7) is 7.34. The van der Waals surface area contributed by atoms with E-state index >= 15 is 0 Å².